The van der Waals surface area contributed by atoms with Gasteiger partial charge in [-0.1, -0.05) is 76.6 Å². The number of carbonyl (C=O) groups is 1. The van der Waals surface area contributed by atoms with Crippen LogP contribution in [-0.2, 0) is 10.2 Å². The van der Waals surface area contributed by atoms with E-state index < -0.39 is 5.41 Å². The Bertz CT molecular complexity index is 629. The number of carbonyl (C=O) groups excluding carboxylic acids is 1. The molecule has 0 spiro atoms. The van der Waals surface area contributed by atoms with E-state index in [2.05, 4.69) is 54.0 Å². The fraction of sp³-hybridized carbons (Fsp3) is 0.350. The van der Waals surface area contributed by atoms with Crippen molar-refractivity contribution in [2.45, 2.75) is 25.3 Å². The van der Waals surface area contributed by atoms with Crippen LogP contribution in [0.4, 0.5) is 0 Å². The van der Waals surface area contributed by atoms with E-state index in [0.717, 1.165) is 23.0 Å². The number of hydrogen-bond acceptors (Lipinski definition) is 1. The fourth-order valence-corrected chi connectivity index (χ4v) is 4.45. The second-order valence-electron chi connectivity index (χ2n) is 6.44. The highest BCUT2D eigenvalue weighted by atomic mass is 79.9. The topological polar surface area (TPSA) is 20.3 Å². The smallest absolute Gasteiger partial charge is 0.238 e. The van der Waals surface area contributed by atoms with Crippen LogP contribution >= 0.6 is 15.9 Å². The molecule has 0 aromatic heterocycles. The monoisotopic (exact) mass is 371 g/mol. The lowest BCUT2D eigenvalue weighted by molar-refractivity contribution is -0.132. The van der Waals surface area contributed by atoms with Crippen LogP contribution in [0.15, 0.2) is 60.7 Å². The lowest BCUT2D eigenvalue weighted by atomic mass is 9.68. The van der Waals surface area contributed by atoms with Crippen LogP contribution < -0.4 is 0 Å². The molecule has 3 heteroatoms. The SMILES string of the molecule is CC(C)N1CC(CBr)C(c2ccccc2)(c2ccccc2)C1=O. The summed E-state index contributed by atoms with van der Waals surface area (Å²) in [5.41, 5.74) is 1.57. The average molecular weight is 372 g/mol. The van der Waals surface area contributed by atoms with Crippen LogP contribution in [0.2, 0.25) is 0 Å². The lowest BCUT2D eigenvalue weighted by Gasteiger charge is -2.33. The minimum absolute atomic E-state index is 0.207. The molecule has 1 fully saturated rings. The molecule has 0 radical (unpaired) electrons. The molecule has 0 bridgehead atoms. The average Bonchev–Trinajstić information content (AvgIpc) is 2.90. The zero-order valence-corrected chi connectivity index (χ0v) is 15.2. The van der Waals surface area contributed by atoms with E-state index >= 15 is 0 Å². The first kappa shape index (κ1) is 16.3. The maximum Gasteiger partial charge on any atom is 0.238 e. The predicted molar refractivity (Wildman–Crippen MR) is 97.8 cm³/mol. The van der Waals surface area contributed by atoms with Gasteiger partial charge in [0.15, 0.2) is 0 Å². The summed E-state index contributed by atoms with van der Waals surface area (Å²) < 4.78 is 0. The van der Waals surface area contributed by atoms with Gasteiger partial charge >= 0.3 is 0 Å². The van der Waals surface area contributed by atoms with E-state index in [1.54, 1.807) is 0 Å². The van der Waals surface area contributed by atoms with Crippen LogP contribution in [0.3, 0.4) is 0 Å². The van der Waals surface area contributed by atoms with Gasteiger partial charge < -0.3 is 4.90 Å². The first-order chi connectivity index (χ1) is 11.1. The normalized spacial score (nSPS) is 20.3. The Morgan fingerprint density at radius 1 is 1.04 bits per heavy atom. The Labute approximate surface area is 146 Å². The Kier molecular flexibility index (Phi) is 4.58. The molecular weight excluding hydrogens is 350 g/mol. The van der Waals surface area contributed by atoms with Gasteiger partial charge in [0.25, 0.3) is 0 Å². The first-order valence-corrected chi connectivity index (χ1v) is 9.22. The highest BCUT2D eigenvalue weighted by molar-refractivity contribution is 9.09. The number of benzene rings is 2. The molecule has 2 aromatic carbocycles. The molecular formula is C20H22BrNO. The Balaban J connectivity index is 2.26. The van der Waals surface area contributed by atoms with E-state index in [-0.39, 0.29) is 17.9 Å². The van der Waals surface area contributed by atoms with E-state index in [9.17, 15) is 4.79 Å². The number of hydrogen-bond donors (Lipinski definition) is 0. The third-order valence-corrected chi connectivity index (χ3v) is 5.68. The minimum Gasteiger partial charge on any atom is -0.339 e. The first-order valence-electron chi connectivity index (χ1n) is 8.10. The molecule has 0 N–H and O–H groups in total. The summed E-state index contributed by atoms with van der Waals surface area (Å²) in [6.07, 6.45) is 0. The number of halogens is 1. The highest BCUT2D eigenvalue weighted by Crippen LogP contribution is 2.47. The van der Waals surface area contributed by atoms with Crippen molar-refractivity contribution in [1.29, 1.82) is 0 Å². The molecule has 2 nitrogen and oxygen atoms in total. The molecule has 1 aliphatic rings. The van der Waals surface area contributed by atoms with Gasteiger partial charge in [-0.25, -0.2) is 0 Å². The van der Waals surface area contributed by atoms with Gasteiger partial charge in [0.2, 0.25) is 5.91 Å². The Morgan fingerprint density at radius 3 is 1.91 bits per heavy atom. The van der Waals surface area contributed by atoms with E-state index in [0.29, 0.717) is 0 Å². The maximum atomic E-state index is 13.5. The van der Waals surface area contributed by atoms with Crippen molar-refractivity contribution in [3.63, 3.8) is 0 Å². The highest BCUT2D eigenvalue weighted by Gasteiger charge is 2.55. The summed E-state index contributed by atoms with van der Waals surface area (Å²) >= 11 is 3.67. The molecule has 23 heavy (non-hydrogen) atoms. The van der Waals surface area contributed by atoms with E-state index in [4.69, 9.17) is 0 Å². The van der Waals surface area contributed by atoms with E-state index in [1.807, 2.05) is 41.3 Å². The molecule has 0 aliphatic carbocycles. The molecule has 1 aliphatic heterocycles. The van der Waals surface area contributed by atoms with Crippen molar-refractivity contribution in [2.75, 3.05) is 11.9 Å². The minimum atomic E-state index is -0.601. The summed E-state index contributed by atoms with van der Waals surface area (Å²) in [5.74, 6) is 0.427. The molecule has 1 atom stereocenters. The molecule has 1 amide bonds. The number of nitrogens with zero attached hydrogens (tertiary/aromatic N) is 1. The lowest BCUT2D eigenvalue weighted by Crippen LogP contribution is -2.43. The van der Waals surface area contributed by atoms with Gasteiger partial charge in [-0.15, -0.1) is 0 Å². The van der Waals surface area contributed by atoms with Crippen LogP contribution in [0.1, 0.15) is 25.0 Å². The third kappa shape index (κ3) is 2.51. The molecule has 2 aromatic rings. The van der Waals surface area contributed by atoms with Crippen molar-refractivity contribution >= 4 is 21.8 Å². The fourth-order valence-electron chi connectivity index (χ4n) is 3.76. The molecule has 3 rings (SSSR count). The molecule has 1 heterocycles. The summed E-state index contributed by atoms with van der Waals surface area (Å²) in [6, 6.07) is 20.7. The zero-order chi connectivity index (χ0) is 16.4. The van der Waals surface area contributed by atoms with E-state index in [1.165, 1.54) is 0 Å². The van der Waals surface area contributed by atoms with Crippen molar-refractivity contribution in [3.8, 4) is 0 Å². The molecule has 120 valence electrons. The van der Waals surface area contributed by atoms with Gasteiger partial charge in [-0.3, -0.25) is 4.79 Å². The largest absolute Gasteiger partial charge is 0.339 e. The van der Waals surface area contributed by atoms with Gasteiger partial charge in [0, 0.05) is 23.8 Å². The molecule has 0 saturated carbocycles. The molecule has 1 unspecified atom stereocenters. The van der Waals surface area contributed by atoms with Gasteiger partial charge in [-0.2, -0.15) is 0 Å². The standard InChI is InChI=1S/C20H22BrNO/c1-15(2)22-14-18(13-21)20(19(22)23,16-9-5-3-6-10-16)17-11-7-4-8-12-17/h3-12,15,18H,13-14H2,1-2H3. The molecule has 1 saturated heterocycles. The van der Waals surface area contributed by atoms with Crippen LogP contribution in [-0.4, -0.2) is 28.7 Å². The van der Waals surface area contributed by atoms with Crippen molar-refractivity contribution in [3.05, 3.63) is 71.8 Å². The van der Waals surface area contributed by atoms with Gasteiger partial charge in [0.1, 0.15) is 5.41 Å². The maximum absolute atomic E-state index is 13.5. The van der Waals surface area contributed by atoms with Gasteiger partial charge in [-0.05, 0) is 25.0 Å². The Hall–Kier alpha value is -1.61. The number of likely N-dealkylation sites (tertiary alicyclic amines) is 1. The Morgan fingerprint density at radius 2 is 1.52 bits per heavy atom. The second kappa shape index (κ2) is 6.48. The quantitative estimate of drug-likeness (QED) is 0.736. The summed E-state index contributed by atoms with van der Waals surface area (Å²) in [5, 5.41) is 0.797. The summed E-state index contributed by atoms with van der Waals surface area (Å²) in [6.45, 7) is 4.97. The van der Waals surface area contributed by atoms with Crippen molar-refractivity contribution in [2.24, 2.45) is 5.92 Å². The third-order valence-electron chi connectivity index (χ3n) is 4.90. The van der Waals surface area contributed by atoms with Crippen LogP contribution in [0.25, 0.3) is 0 Å². The summed E-state index contributed by atoms with van der Waals surface area (Å²) in [4.78, 5) is 15.6. The number of amides is 1. The summed E-state index contributed by atoms with van der Waals surface area (Å²) in [7, 11) is 0. The van der Waals surface area contributed by atoms with Gasteiger partial charge in [0.05, 0.1) is 0 Å². The predicted octanol–water partition coefficient (Wildman–Crippen LogP) is 4.23. The second-order valence-corrected chi connectivity index (χ2v) is 7.09. The van der Waals surface area contributed by atoms with Crippen LogP contribution in [0, 0.1) is 5.92 Å². The van der Waals surface area contributed by atoms with Crippen molar-refractivity contribution < 1.29 is 4.79 Å². The number of alkyl halides is 1. The number of rotatable bonds is 4. The van der Waals surface area contributed by atoms with Crippen LogP contribution in [0.5, 0.6) is 0 Å². The zero-order valence-electron chi connectivity index (χ0n) is 13.6. The van der Waals surface area contributed by atoms with Crippen molar-refractivity contribution in [1.82, 2.24) is 4.90 Å².